The zero-order chi connectivity index (χ0) is 23.3. The number of likely N-dealkylation sites (tertiary alicyclic amines) is 1. The molecule has 1 N–H and O–H groups in total. The Bertz CT molecular complexity index is 985. The smallest absolute Gasteiger partial charge is 0.412 e. The van der Waals surface area contributed by atoms with Crippen LogP contribution in [0.3, 0.4) is 0 Å². The molecule has 0 aromatic heterocycles. The lowest BCUT2D eigenvalue weighted by Crippen LogP contribution is -2.54. The van der Waals surface area contributed by atoms with Crippen LogP contribution in [-0.2, 0) is 4.74 Å². The molecular formula is C28H32N2O3. The fourth-order valence-corrected chi connectivity index (χ4v) is 4.01. The van der Waals surface area contributed by atoms with E-state index in [9.17, 15) is 4.79 Å². The van der Waals surface area contributed by atoms with Gasteiger partial charge in [0.15, 0.2) is 0 Å². The molecule has 4 rings (SSSR count). The van der Waals surface area contributed by atoms with Crippen LogP contribution in [0.15, 0.2) is 84.9 Å². The number of anilines is 1. The highest BCUT2D eigenvalue weighted by Gasteiger charge is 2.31. The van der Waals surface area contributed by atoms with Crippen molar-refractivity contribution in [1.29, 1.82) is 0 Å². The van der Waals surface area contributed by atoms with Crippen LogP contribution in [-0.4, -0.2) is 42.3 Å². The number of carbonyl (C=O) groups excluding carboxylic acids is 1. The fraction of sp³-hybridized carbons (Fsp3) is 0.321. The van der Waals surface area contributed by atoms with Crippen molar-refractivity contribution in [2.45, 2.75) is 38.4 Å². The molecule has 0 saturated carbocycles. The molecule has 3 aromatic rings. The number of hydrogen-bond acceptors (Lipinski definition) is 4. The zero-order valence-electron chi connectivity index (χ0n) is 19.5. The standard InChI is InChI=1S/C28H32N2O3/c1-28(2,3)33-27(31)29-23-14-16-24(17-15-23)32-25-18-30(19-25)20-26(21-10-6-4-7-11-21)22-12-8-5-9-13-22/h4-17,25-26H,18-20H2,1-3H3,(H,29,31). The Balaban J connectivity index is 1.29. The van der Waals surface area contributed by atoms with E-state index in [1.165, 1.54) is 11.1 Å². The molecule has 0 spiro atoms. The lowest BCUT2D eigenvalue weighted by molar-refractivity contribution is 0.0181. The Morgan fingerprint density at radius 1 is 0.909 bits per heavy atom. The highest BCUT2D eigenvalue weighted by molar-refractivity contribution is 5.84. The number of nitrogens with zero attached hydrogens (tertiary/aromatic N) is 1. The summed E-state index contributed by atoms with van der Waals surface area (Å²) in [6.07, 6.45) is -0.293. The second-order valence-corrected chi connectivity index (χ2v) is 9.48. The summed E-state index contributed by atoms with van der Waals surface area (Å²) in [6, 6.07) is 28.8. The third kappa shape index (κ3) is 6.59. The van der Waals surface area contributed by atoms with Gasteiger partial charge in [-0.2, -0.15) is 0 Å². The minimum absolute atomic E-state index is 0.168. The zero-order valence-corrected chi connectivity index (χ0v) is 19.5. The highest BCUT2D eigenvalue weighted by Crippen LogP contribution is 2.28. The summed E-state index contributed by atoms with van der Waals surface area (Å²) in [4.78, 5) is 14.3. The molecule has 5 nitrogen and oxygen atoms in total. The summed E-state index contributed by atoms with van der Waals surface area (Å²) in [7, 11) is 0. The normalized spacial score (nSPS) is 14.5. The van der Waals surface area contributed by atoms with Crippen LogP contribution in [0.4, 0.5) is 10.5 Å². The molecule has 172 valence electrons. The second-order valence-electron chi connectivity index (χ2n) is 9.48. The van der Waals surface area contributed by atoms with Crippen molar-refractivity contribution in [3.05, 3.63) is 96.1 Å². The van der Waals surface area contributed by atoms with Gasteiger partial charge in [-0.3, -0.25) is 10.2 Å². The van der Waals surface area contributed by atoms with Gasteiger partial charge in [0.2, 0.25) is 0 Å². The van der Waals surface area contributed by atoms with Gasteiger partial charge < -0.3 is 9.47 Å². The Labute approximate surface area is 196 Å². The van der Waals surface area contributed by atoms with Crippen molar-refractivity contribution < 1.29 is 14.3 Å². The third-order valence-electron chi connectivity index (χ3n) is 5.57. The Hall–Kier alpha value is -3.31. The second kappa shape index (κ2) is 10.1. The van der Waals surface area contributed by atoms with Crippen LogP contribution in [0, 0.1) is 0 Å². The quantitative estimate of drug-likeness (QED) is 0.491. The predicted octanol–water partition coefficient (Wildman–Crippen LogP) is 5.93. The number of carbonyl (C=O) groups is 1. The van der Waals surface area contributed by atoms with Gasteiger partial charge in [-0.05, 0) is 56.2 Å². The van der Waals surface area contributed by atoms with E-state index in [-0.39, 0.29) is 6.10 Å². The minimum Gasteiger partial charge on any atom is -0.488 e. The van der Waals surface area contributed by atoms with E-state index >= 15 is 0 Å². The Morgan fingerprint density at radius 2 is 1.45 bits per heavy atom. The first-order chi connectivity index (χ1) is 15.9. The first kappa shape index (κ1) is 22.9. The lowest BCUT2D eigenvalue weighted by atomic mass is 9.90. The van der Waals surface area contributed by atoms with Crippen LogP contribution in [0.2, 0.25) is 0 Å². The minimum atomic E-state index is -0.525. The topological polar surface area (TPSA) is 50.8 Å². The van der Waals surface area contributed by atoms with E-state index in [4.69, 9.17) is 9.47 Å². The molecule has 1 saturated heterocycles. The van der Waals surface area contributed by atoms with Gasteiger partial charge in [0, 0.05) is 31.2 Å². The van der Waals surface area contributed by atoms with E-state index in [2.05, 4.69) is 70.9 Å². The molecule has 1 amide bonds. The Kier molecular flexibility index (Phi) is 6.99. The molecular weight excluding hydrogens is 412 g/mol. The summed E-state index contributed by atoms with van der Waals surface area (Å²) >= 11 is 0. The molecule has 0 bridgehead atoms. The van der Waals surface area contributed by atoms with Gasteiger partial charge in [-0.1, -0.05) is 60.7 Å². The van der Waals surface area contributed by atoms with Crippen molar-refractivity contribution in [1.82, 2.24) is 4.90 Å². The van der Waals surface area contributed by atoms with E-state index in [0.717, 1.165) is 25.4 Å². The maximum absolute atomic E-state index is 11.9. The molecule has 1 fully saturated rings. The first-order valence-electron chi connectivity index (χ1n) is 11.4. The SMILES string of the molecule is CC(C)(C)OC(=O)Nc1ccc(OC2CN(CC(c3ccccc3)c3ccccc3)C2)cc1. The highest BCUT2D eigenvalue weighted by atomic mass is 16.6. The molecule has 0 radical (unpaired) electrons. The molecule has 0 aliphatic carbocycles. The molecule has 0 unspecified atom stereocenters. The van der Waals surface area contributed by atoms with Crippen LogP contribution < -0.4 is 10.1 Å². The van der Waals surface area contributed by atoms with Crippen LogP contribution in [0.1, 0.15) is 37.8 Å². The molecule has 5 heteroatoms. The first-order valence-corrected chi connectivity index (χ1v) is 11.4. The molecule has 33 heavy (non-hydrogen) atoms. The van der Waals surface area contributed by atoms with Gasteiger partial charge >= 0.3 is 6.09 Å². The maximum atomic E-state index is 11.9. The number of amides is 1. The number of ether oxygens (including phenoxy) is 2. The summed E-state index contributed by atoms with van der Waals surface area (Å²) in [5.74, 6) is 1.14. The maximum Gasteiger partial charge on any atom is 0.412 e. The van der Waals surface area contributed by atoms with E-state index in [1.54, 1.807) is 0 Å². The van der Waals surface area contributed by atoms with Gasteiger partial charge in [0.1, 0.15) is 17.5 Å². The number of benzene rings is 3. The van der Waals surface area contributed by atoms with Crippen molar-refractivity contribution >= 4 is 11.8 Å². The largest absolute Gasteiger partial charge is 0.488 e. The van der Waals surface area contributed by atoms with Gasteiger partial charge in [-0.15, -0.1) is 0 Å². The average molecular weight is 445 g/mol. The van der Waals surface area contributed by atoms with Gasteiger partial charge in [-0.25, -0.2) is 4.79 Å². The number of nitrogens with one attached hydrogen (secondary N) is 1. The Morgan fingerprint density at radius 3 is 1.97 bits per heavy atom. The van der Waals surface area contributed by atoms with E-state index in [0.29, 0.717) is 11.6 Å². The number of rotatable bonds is 7. The summed E-state index contributed by atoms with van der Waals surface area (Å²) in [5, 5.41) is 2.74. The summed E-state index contributed by atoms with van der Waals surface area (Å²) in [5.41, 5.74) is 2.83. The summed E-state index contributed by atoms with van der Waals surface area (Å²) in [6.45, 7) is 8.28. The predicted molar refractivity (Wildman–Crippen MR) is 132 cm³/mol. The fourth-order valence-electron chi connectivity index (χ4n) is 4.01. The average Bonchev–Trinajstić information content (AvgIpc) is 2.76. The molecule has 1 heterocycles. The molecule has 1 aliphatic heterocycles. The van der Waals surface area contributed by atoms with Crippen LogP contribution in [0.25, 0.3) is 0 Å². The third-order valence-corrected chi connectivity index (χ3v) is 5.57. The molecule has 0 atom stereocenters. The van der Waals surface area contributed by atoms with Gasteiger partial charge in [0.05, 0.1) is 0 Å². The van der Waals surface area contributed by atoms with Crippen molar-refractivity contribution in [2.75, 3.05) is 25.0 Å². The van der Waals surface area contributed by atoms with Crippen molar-refractivity contribution in [3.8, 4) is 5.75 Å². The van der Waals surface area contributed by atoms with Crippen molar-refractivity contribution in [3.63, 3.8) is 0 Å². The molecule has 1 aliphatic rings. The number of hydrogen-bond donors (Lipinski definition) is 1. The lowest BCUT2D eigenvalue weighted by Gasteiger charge is -2.41. The van der Waals surface area contributed by atoms with Crippen LogP contribution in [0.5, 0.6) is 5.75 Å². The monoisotopic (exact) mass is 444 g/mol. The van der Waals surface area contributed by atoms with E-state index < -0.39 is 11.7 Å². The van der Waals surface area contributed by atoms with E-state index in [1.807, 2.05) is 45.0 Å². The van der Waals surface area contributed by atoms with Crippen LogP contribution >= 0.6 is 0 Å². The van der Waals surface area contributed by atoms with Crippen molar-refractivity contribution in [2.24, 2.45) is 0 Å². The van der Waals surface area contributed by atoms with Gasteiger partial charge in [0.25, 0.3) is 0 Å². The summed E-state index contributed by atoms with van der Waals surface area (Å²) < 4.78 is 11.4. The molecule has 3 aromatic carbocycles.